The highest BCUT2D eigenvalue weighted by Gasteiger charge is 2.39. The zero-order valence-electron chi connectivity index (χ0n) is 20.3. The van der Waals surface area contributed by atoms with Crippen LogP contribution >= 0.6 is 11.8 Å². The summed E-state index contributed by atoms with van der Waals surface area (Å²) in [7, 11) is 1.62. The number of methoxy groups -OCH3 is 1. The van der Waals surface area contributed by atoms with E-state index in [1.54, 1.807) is 24.3 Å². The summed E-state index contributed by atoms with van der Waals surface area (Å²) in [5.74, 6) is -0.630. The van der Waals surface area contributed by atoms with Gasteiger partial charge in [0.05, 0.1) is 24.6 Å². The number of nitrogens with one attached hydrogen (secondary N) is 1. The quantitative estimate of drug-likeness (QED) is 0.480. The van der Waals surface area contributed by atoms with Crippen molar-refractivity contribution in [3.05, 3.63) is 95.3 Å². The van der Waals surface area contributed by atoms with E-state index in [0.717, 1.165) is 28.2 Å². The van der Waals surface area contributed by atoms with Crippen molar-refractivity contribution >= 4 is 40.1 Å². The molecule has 2 aliphatic rings. The Hall–Kier alpha value is -3.98. The molecule has 0 spiro atoms. The number of rotatable bonds is 6. The van der Waals surface area contributed by atoms with Gasteiger partial charge < -0.3 is 10.1 Å². The van der Waals surface area contributed by atoms with E-state index in [2.05, 4.69) is 22.4 Å². The van der Waals surface area contributed by atoms with Crippen molar-refractivity contribution in [3.8, 4) is 5.75 Å². The normalized spacial score (nSPS) is 19.0. The first-order valence-electron chi connectivity index (χ1n) is 11.8. The molecule has 7 nitrogen and oxygen atoms in total. The highest BCUT2D eigenvalue weighted by Crippen LogP contribution is 2.39. The lowest BCUT2D eigenvalue weighted by molar-refractivity contribution is -0.121. The average molecular weight is 517 g/mol. The van der Waals surface area contributed by atoms with E-state index in [4.69, 9.17) is 9.84 Å². The number of nitrogens with zero attached hydrogens (tertiary/aromatic N) is 3. The van der Waals surface area contributed by atoms with Crippen LogP contribution in [-0.4, -0.2) is 40.1 Å². The van der Waals surface area contributed by atoms with E-state index >= 15 is 0 Å². The minimum Gasteiger partial charge on any atom is -0.497 e. The third kappa shape index (κ3) is 5.41. The molecule has 0 saturated heterocycles. The average Bonchev–Trinajstić information content (AvgIpc) is 3.50. The van der Waals surface area contributed by atoms with Crippen LogP contribution < -0.4 is 10.1 Å². The number of carbonyl (C=O) groups excluding carboxylic acids is 2. The summed E-state index contributed by atoms with van der Waals surface area (Å²) in [5, 5.41) is 8.92. The number of hydrogen-bond acceptors (Lipinski definition) is 6. The fourth-order valence-electron chi connectivity index (χ4n) is 4.23. The van der Waals surface area contributed by atoms with Crippen LogP contribution in [0.1, 0.15) is 35.6 Å². The van der Waals surface area contributed by atoms with Crippen LogP contribution in [0.4, 0.5) is 10.1 Å². The van der Waals surface area contributed by atoms with E-state index in [0.29, 0.717) is 11.6 Å². The highest BCUT2D eigenvalue weighted by molar-refractivity contribution is 8.15. The predicted octanol–water partition coefficient (Wildman–Crippen LogP) is 5.32. The van der Waals surface area contributed by atoms with E-state index in [-0.39, 0.29) is 18.2 Å². The Morgan fingerprint density at radius 3 is 2.54 bits per heavy atom. The standard InChI is InChI=1S/C28H25FN4O3S/c1-17-7-9-19(10-8-17)24-15-23(18-11-13-20(36-2)14-12-18)32-33(24)28-31-27(35)25(37-28)16-26(34)30-22-6-4-3-5-21(22)29/h3-14,24-25H,15-16H2,1-2H3,(H,30,34)/t24-,25+/m0/s1. The Morgan fingerprint density at radius 1 is 1.11 bits per heavy atom. The molecule has 9 heteroatoms. The number of anilines is 1. The molecular formula is C28H25FN4O3S. The maximum atomic E-state index is 13.9. The number of ether oxygens (including phenoxy) is 1. The number of aryl methyl sites for hydroxylation is 1. The zero-order chi connectivity index (χ0) is 25.9. The number of amidine groups is 1. The Balaban J connectivity index is 1.36. The number of benzene rings is 3. The van der Waals surface area contributed by atoms with Crippen LogP contribution in [-0.2, 0) is 9.59 Å². The molecule has 37 heavy (non-hydrogen) atoms. The van der Waals surface area contributed by atoms with Crippen LogP contribution in [0.15, 0.2) is 82.9 Å². The van der Waals surface area contributed by atoms with Gasteiger partial charge in [0.2, 0.25) is 5.91 Å². The van der Waals surface area contributed by atoms with Gasteiger partial charge in [0.15, 0.2) is 5.17 Å². The number of hydrogen-bond donors (Lipinski definition) is 1. The van der Waals surface area contributed by atoms with Gasteiger partial charge in [0.25, 0.3) is 5.91 Å². The van der Waals surface area contributed by atoms with Crippen molar-refractivity contribution in [1.82, 2.24) is 5.01 Å². The topological polar surface area (TPSA) is 83.4 Å². The first-order valence-corrected chi connectivity index (χ1v) is 12.7. The molecule has 0 unspecified atom stereocenters. The van der Waals surface area contributed by atoms with Crippen molar-refractivity contribution in [2.45, 2.75) is 31.1 Å². The lowest BCUT2D eigenvalue weighted by Gasteiger charge is -2.23. The van der Waals surface area contributed by atoms with Crippen LogP contribution in [0.25, 0.3) is 0 Å². The second-order valence-electron chi connectivity index (χ2n) is 8.82. The van der Waals surface area contributed by atoms with Crippen molar-refractivity contribution in [3.63, 3.8) is 0 Å². The molecule has 188 valence electrons. The van der Waals surface area contributed by atoms with Gasteiger partial charge in [-0.05, 0) is 54.4 Å². The largest absolute Gasteiger partial charge is 0.497 e. The second-order valence-corrected chi connectivity index (χ2v) is 9.99. The maximum absolute atomic E-state index is 13.9. The molecule has 0 bridgehead atoms. The molecule has 3 aromatic rings. The minimum absolute atomic E-state index is 0.0804. The molecule has 0 saturated carbocycles. The van der Waals surface area contributed by atoms with E-state index in [9.17, 15) is 14.0 Å². The summed E-state index contributed by atoms with van der Waals surface area (Å²) in [6.07, 6.45) is 0.504. The Labute approximate surface area is 218 Å². The van der Waals surface area contributed by atoms with E-state index in [1.165, 1.54) is 23.9 Å². The van der Waals surface area contributed by atoms with Crippen molar-refractivity contribution < 1.29 is 18.7 Å². The van der Waals surface area contributed by atoms with E-state index < -0.39 is 22.9 Å². The molecule has 2 atom stereocenters. The fraction of sp³-hybridized carbons (Fsp3) is 0.214. The monoisotopic (exact) mass is 516 g/mol. The first-order chi connectivity index (χ1) is 17.9. The van der Waals surface area contributed by atoms with Gasteiger partial charge in [-0.3, -0.25) is 9.59 Å². The molecule has 1 N–H and O–H groups in total. The number of carbonyl (C=O) groups is 2. The van der Waals surface area contributed by atoms with Gasteiger partial charge in [0.1, 0.15) is 16.8 Å². The Kier molecular flexibility index (Phi) is 7.05. The molecule has 2 heterocycles. The number of thioether (sulfide) groups is 1. The highest BCUT2D eigenvalue weighted by atomic mass is 32.2. The SMILES string of the molecule is COc1ccc(C2=NN(C3=NC(=O)[C@@H](CC(=O)Nc4ccccc4F)S3)[C@H](c3ccc(C)cc3)C2)cc1. The first kappa shape index (κ1) is 24.7. The fourth-order valence-corrected chi connectivity index (χ4v) is 5.29. The van der Waals surface area contributed by atoms with Crippen LogP contribution in [0, 0.1) is 12.7 Å². The summed E-state index contributed by atoms with van der Waals surface area (Å²) in [4.78, 5) is 29.6. The molecule has 2 aliphatic heterocycles. The smallest absolute Gasteiger partial charge is 0.262 e. The summed E-state index contributed by atoms with van der Waals surface area (Å²) in [6.45, 7) is 2.03. The van der Waals surface area contributed by atoms with Gasteiger partial charge in [0, 0.05) is 12.8 Å². The molecule has 0 aromatic heterocycles. The Morgan fingerprint density at radius 2 is 1.84 bits per heavy atom. The zero-order valence-corrected chi connectivity index (χ0v) is 21.2. The molecular weight excluding hydrogens is 491 g/mol. The van der Waals surface area contributed by atoms with Crippen molar-refractivity contribution in [2.24, 2.45) is 10.1 Å². The second kappa shape index (κ2) is 10.6. The summed E-state index contributed by atoms with van der Waals surface area (Å²) < 4.78 is 19.2. The van der Waals surface area contributed by atoms with Gasteiger partial charge in [-0.2, -0.15) is 10.1 Å². The lowest BCUT2D eigenvalue weighted by atomic mass is 9.98. The third-order valence-electron chi connectivity index (χ3n) is 6.24. The minimum atomic E-state index is -0.708. The van der Waals surface area contributed by atoms with Gasteiger partial charge >= 0.3 is 0 Å². The number of para-hydroxylation sites is 1. The molecule has 0 fully saturated rings. The molecule has 2 amide bonds. The number of hydrazone groups is 1. The van der Waals surface area contributed by atoms with Crippen molar-refractivity contribution in [1.29, 1.82) is 0 Å². The molecule has 5 rings (SSSR count). The van der Waals surface area contributed by atoms with Gasteiger partial charge in [-0.25, -0.2) is 9.40 Å². The maximum Gasteiger partial charge on any atom is 0.262 e. The molecule has 0 radical (unpaired) electrons. The number of amides is 2. The van der Waals surface area contributed by atoms with Crippen LogP contribution in [0.3, 0.4) is 0 Å². The van der Waals surface area contributed by atoms with Gasteiger partial charge in [-0.15, -0.1) is 0 Å². The van der Waals surface area contributed by atoms with Crippen LogP contribution in [0.2, 0.25) is 0 Å². The molecule has 3 aromatic carbocycles. The third-order valence-corrected chi connectivity index (χ3v) is 7.38. The summed E-state index contributed by atoms with van der Waals surface area (Å²) >= 11 is 1.21. The summed E-state index contributed by atoms with van der Waals surface area (Å²) in [5.41, 5.74) is 4.10. The predicted molar refractivity (Wildman–Crippen MR) is 143 cm³/mol. The van der Waals surface area contributed by atoms with Crippen molar-refractivity contribution in [2.75, 3.05) is 12.4 Å². The van der Waals surface area contributed by atoms with Crippen LogP contribution in [0.5, 0.6) is 5.75 Å². The number of halogens is 1. The molecule has 0 aliphatic carbocycles. The number of aliphatic imine (C=N–C) groups is 1. The van der Waals surface area contributed by atoms with Gasteiger partial charge in [-0.1, -0.05) is 53.7 Å². The Bertz CT molecular complexity index is 1390. The van der Waals surface area contributed by atoms with E-state index in [1.807, 2.05) is 43.3 Å². The lowest BCUT2D eigenvalue weighted by Crippen LogP contribution is -2.25. The summed E-state index contributed by atoms with van der Waals surface area (Å²) in [6, 6.07) is 21.7.